The molecule has 0 aliphatic carbocycles. The molecule has 2 heterocycles. The molecule has 0 spiro atoms. The summed E-state index contributed by atoms with van der Waals surface area (Å²) in [5.74, 6) is 2.57. The zero-order valence-corrected chi connectivity index (χ0v) is 12.6. The van der Waals surface area contributed by atoms with Crippen LogP contribution in [0, 0.1) is 0 Å². The average Bonchev–Trinajstić information content (AvgIpc) is 2.45. The molecule has 2 rings (SSSR count). The Hall–Kier alpha value is -0.940. The molecule has 0 bridgehead atoms. The second kappa shape index (κ2) is 7.01. The predicted octanol–water partition coefficient (Wildman–Crippen LogP) is 1.32. The Morgan fingerprint density at radius 2 is 2.05 bits per heavy atom. The van der Waals surface area contributed by atoms with E-state index in [2.05, 4.69) is 36.2 Å². The highest BCUT2D eigenvalue weighted by atomic mass is 32.2. The monoisotopic (exact) mass is 281 g/mol. The van der Waals surface area contributed by atoms with E-state index in [1.807, 2.05) is 0 Å². The summed E-state index contributed by atoms with van der Waals surface area (Å²) in [5, 5.41) is 3.36. The van der Waals surface area contributed by atoms with E-state index in [0.29, 0.717) is 0 Å². The van der Waals surface area contributed by atoms with Gasteiger partial charge in [-0.15, -0.1) is 0 Å². The molecule has 0 amide bonds. The standard InChI is InChI=1S/C14H23N3OS/c1-3-13-9-12(11-15-4-2)10-14(16-13)17-5-7-19(18)8-6-17/h9-10,15H,3-8,11H2,1-2H3. The van der Waals surface area contributed by atoms with Crippen molar-refractivity contribution in [2.45, 2.75) is 26.8 Å². The summed E-state index contributed by atoms with van der Waals surface area (Å²) in [6.07, 6.45) is 0.951. The first kappa shape index (κ1) is 14.5. The van der Waals surface area contributed by atoms with Gasteiger partial charge in [0.15, 0.2) is 0 Å². The predicted molar refractivity (Wildman–Crippen MR) is 81.1 cm³/mol. The van der Waals surface area contributed by atoms with Gasteiger partial charge < -0.3 is 10.2 Å². The van der Waals surface area contributed by atoms with Crippen molar-refractivity contribution in [3.63, 3.8) is 0 Å². The fraction of sp³-hybridized carbons (Fsp3) is 0.643. The molecule has 19 heavy (non-hydrogen) atoms. The number of anilines is 1. The van der Waals surface area contributed by atoms with E-state index in [1.165, 1.54) is 5.56 Å². The second-order valence-corrected chi connectivity index (χ2v) is 6.49. The number of nitrogens with one attached hydrogen (secondary N) is 1. The maximum atomic E-state index is 11.4. The SMILES string of the molecule is CCNCc1cc(CC)nc(N2CCS(=O)CC2)c1. The summed E-state index contributed by atoms with van der Waals surface area (Å²) in [7, 11) is -0.634. The van der Waals surface area contributed by atoms with Crippen molar-refractivity contribution in [3.05, 3.63) is 23.4 Å². The van der Waals surface area contributed by atoms with Crippen LogP contribution in [-0.4, -0.2) is 40.3 Å². The Morgan fingerprint density at radius 1 is 1.32 bits per heavy atom. The molecular weight excluding hydrogens is 258 g/mol. The van der Waals surface area contributed by atoms with Crippen LogP contribution in [0.4, 0.5) is 5.82 Å². The van der Waals surface area contributed by atoms with E-state index in [9.17, 15) is 4.21 Å². The van der Waals surface area contributed by atoms with Crippen LogP contribution in [0.25, 0.3) is 0 Å². The second-order valence-electron chi connectivity index (χ2n) is 4.79. The van der Waals surface area contributed by atoms with E-state index in [4.69, 9.17) is 4.98 Å². The molecule has 106 valence electrons. The van der Waals surface area contributed by atoms with Crippen molar-refractivity contribution in [1.29, 1.82) is 0 Å². The maximum absolute atomic E-state index is 11.4. The van der Waals surface area contributed by atoms with Crippen LogP contribution in [0.1, 0.15) is 25.1 Å². The molecular formula is C14H23N3OS. The van der Waals surface area contributed by atoms with Crippen molar-refractivity contribution in [3.8, 4) is 0 Å². The minimum Gasteiger partial charge on any atom is -0.355 e. The molecule has 1 aliphatic rings. The number of aromatic nitrogens is 1. The third-order valence-electron chi connectivity index (χ3n) is 3.37. The van der Waals surface area contributed by atoms with Gasteiger partial charge in [-0.2, -0.15) is 0 Å². The Kier molecular flexibility index (Phi) is 5.34. The highest BCUT2D eigenvalue weighted by Gasteiger charge is 2.17. The minimum absolute atomic E-state index is 0.634. The van der Waals surface area contributed by atoms with E-state index in [1.54, 1.807) is 0 Å². The van der Waals surface area contributed by atoms with Crippen molar-refractivity contribution in [2.24, 2.45) is 0 Å². The van der Waals surface area contributed by atoms with Gasteiger partial charge in [-0.25, -0.2) is 4.98 Å². The molecule has 1 saturated heterocycles. The van der Waals surface area contributed by atoms with Crippen LogP contribution < -0.4 is 10.2 Å². The van der Waals surface area contributed by atoms with E-state index in [-0.39, 0.29) is 0 Å². The lowest BCUT2D eigenvalue weighted by Gasteiger charge is -2.28. The zero-order chi connectivity index (χ0) is 13.7. The lowest BCUT2D eigenvalue weighted by atomic mass is 10.2. The summed E-state index contributed by atoms with van der Waals surface area (Å²) < 4.78 is 11.4. The topological polar surface area (TPSA) is 45.2 Å². The number of hydrogen-bond acceptors (Lipinski definition) is 4. The lowest BCUT2D eigenvalue weighted by molar-refractivity contribution is 0.672. The molecule has 1 aromatic heterocycles. The van der Waals surface area contributed by atoms with Crippen molar-refractivity contribution in [1.82, 2.24) is 10.3 Å². The van der Waals surface area contributed by atoms with Crippen LogP contribution >= 0.6 is 0 Å². The molecule has 0 radical (unpaired) electrons. The van der Waals surface area contributed by atoms with Crippen LogP contribution in [0.2, 0.25) is 0 Å². The maximum Gasteiger partial charge on any atom is 0.129 e. The Balaban J connectivity index is 2.16. The molecule has 4 nitrogen and oxygen atoms in total. The number of nitrogens with zero attached hydrogens (tertiary/aromatic N) is 2. The highest BCUT2D eigenvalue weighted by Crippen LogP contribution is 2.17. The van der Waals surface area contributed by atoms with Crippen LogP contribution in [0.5, 0.6) is 0 Å². The minimum atomic E-state index is -0.634. The summed E-state index contributed by atoms with van der Waals surface area (Å²) >= 11 is 0. The van der Waals surface area contributed by atoms with Gasteiger partial charge in [0.2, 0.25) is 0 Å². The first-order valence-corrected chi connectivity index (χ1v) is 8.52. The molecule has 0 unspecified atom stereocenters. The van der Waals surface area contributed by atoms with Crippen molar-refractivity contribution in [2.75, 3.05) is 36.0 Å². The third kappa shape index (κ3) is 4.01. The van der Waals surface area contributed by atoms with Gasteiger partial charge in [-0.1, -0.05) is 13.8 Å². The molecule has 0 atom stereocenters. The van der Waals surface area contributed by atoms with Crippen LogP contribution in [0.3, 0.4) is 0 Å². The van der Waals surface area contributed by atoms with Gasteiger partial charge >= 0.3 is 0 Å². The molecule has 1 fully saturated rings. The molecule has 5 heteroatoms. The van der Waals surface area contributed by atoms with Gasteiger partial charge in [-0.3, -0.25) is 4.21 Å². The van der Waals surface area contributed by atoms with Crippen LogP contribution in [-0.2, 0) is 23.8 Å². The van der Waals surface area contributed by atoms with Gasteiger partial charge in [0, 0.05) is 47.6 Å². The lowest BCUT2D eigenvalue weighted by Crippen LogP contribution is -2.38. The zero-order valence-electron chi connectivity index (χ0n) is 11.8. The number of rotatable bonds is 5. The van der Waals surface area contributed by atoms with E-state index < -0.39 is 10.8 Å². The number of aryl methyl sites for hydroxylation is 1. The van der Waals surface area contributed by atoms with Gasteiger partial charge in [0.25, 0.3) is 0 Å². The fourth-order valence-electron chi connectivity index (χ4n) is 2.21. The average molecular weight is 281 g/mol. The van der Waals surface area contributed by atoms with Gasteiger partial charge in [0.1, 0.15) is 5.82 Å². The molecule has 1 aromatic rings. The quantitative estimate of drug-likeness (QED) is 0.884. The summed E-state index contributed by atoms with van der Waals surface area (Å²) in [5.41, 5.74) is 2.42. The number of hydrogen-bond donors (Lipinski definition) is 1. The fourth-order valence-corrected chi connectivity index (χ4v) is 3.27. The Bertz CT molecular complexity index is 440. The van der Waals surface area contributed by atoms with E-state index in [0.717, 1.165) is 55.6 Å². The molecule has 0 saturated carbocycles. The summed E-state index contributed by atoms with van der Waals surface area (Å²) in [4.78, 5) is 6.97. The third-order valence-corrected chi connectivity index (χ3v) is 4.64. The number of pyridine rings is 1. The smallest absolute Gasteiger partial charge is 0.129 e. The van der Waals surface area contributed by atoms with Crippen molar-refractivity contribution >= 4 is 16.6 Å². The highest BCUT2D eigenvalue weighted by molar-refractivity contribution is 7.85. The Labute approximate surface area is 118 Å². The normalized spacial score (nSPS) is 16.8. The van der Waals surface area contributed by atoms with Crippen molar-refractivity contribution < 1.29 is 4.21 Å². The summed E-state index contributed by atoms with van der Waals surface area (Å²) in [6.45, 7) is 7.82. The van der Waals surface area contributed by atoms with Crippen LogP contribution in [0.15, 0.2) is 12.1 Å². The molecule has 1 aliphatic heterocycles. The Morgan fingerprint density at radius 3 is 2.68 bits per heavy atom. The largest absolute Gasteiger partial charge is 0.355 e. The first-order valence-electron chi connectivity index (χ1n) is 7.03. The molecule has 1 N–H and O–H groups in total. The van der Waals surface area contributed by atoms with Gasteiger partial charge in [-0.05, 0) is 30.7 Å². The molecule has 0 aromatic carbocycles. The first-order chi connectivity index (χ1) is 9.22. The summed E-state index contributed by atoms with van der Waals surface area (Å²) in [6, 6.07) is 4.34. The van der Waals surface area contributed by atoms with E-state index >= 15 is 0 Å². The van der Waals surface area contributed by atoms with Gasteiger partial charge in [0.05, 0.1) is 0 Å².